The van der Waals surface area contributed by atoms with Gasteiger partial charge in [-0.2, -0.15) is 17.6 Å². The summed E-state index contributed by atoms with van der Waals surface area (Å²) >= 11 is 0. The van der Waals surface area contributed by atoms with Gasteiger partial charge in [-0.3, -0.25) is 14.4 Å². The molecule has 0 heterocycles. The van der Waals surface area contributed by atoms with Crippen molar-refractivity contribution in [3.05, 3.63) is 59.7 Å². The van der Waals surface area contributed by atoms with Crippen LogP contribution < -0.4 is 20.1 Å². The topological polar surface area (TPSA) is 114 Å². The van der Waals surface area contributed by atoms with E-state index in [0.717, 1.165) is 24.3 Å². The molecule has 0 radical (unpaired) electrons. The van der Waals surface area contributed by atoms with Crippen LogP contribution in [-0.4, -0.2) is 54.6 Å². The molecule has 3 N–H and O–H groups in total. The van der Waals surface area contributed by atoms with Gasteiger partial charge in [-0.05, 0) is 74.2 Å². The van der Waals surface area contributed by atoms with Gasteiger partial charge in [0.1, 0.15) is 11.5 Å². The maximum absolute atomic E-state index is 12.9. The maximum Gasteiger partial charge on any atom is 0.461 e. The van der Waals surface area contributed by atoms with Crippen molar-refractivity contribution in [2.24, 2.45) is 5.92 Å². The van der Waals surface area contributed by atoms with Crippen LogP contribution in [0.15, 0.2) is 48.5 Å². The number of aliphatic carboxylic acids is 1. The Hall–Kier alpha value is -3.83. The first-order valence-corrected chi connectivity index (χ1v) is 11.6. The third kappa shape index (κ3) is 8.09. The van der Waals surface area contributed by atoms with Gasteiger partial charge in [-0.15, -0.1) is 0 Å². The summed E-state index contributed by atoms with van der Waals surface area (Å²) in [6.45, 7) is 0.184. The second-order valence-electron chi connectivity index (χ2n) is 8.45. The molecule has 0 spiro atoms. The number of carbonyl (C=O) groups is 3. The fourth-order valence-corrected chi connectivity index (χ4v) is 3.74. The van der Waals surface area contributed by atoms with Crippen molar-refractivity contribution < 1.29 is 46.5 Å². The highest BCUT2D eigenvalue weighted by atomic mass is 19.3. The monoisotopic (exact) mass is 526 g/mol. The molecular weight excluding hydrogens is 500 g/mol. The minimum Gasteiger partial charge on any atom is -0.490 e. The van der Waals surface area contributed by atoms with Crippen LogP contribution in [0.5, 0.6) is 11.5 Å². The van der Waals surface area contributed by atoms with E-state index in [-0.39, 0.29) is 36.6 Å². The van der Waals surface area contributed by atoms with Crippen LogP contribution in [0.3, 0.4) is 0 Å². The Balaban J connectivity index is 1.38. The summed E-state index contributed by atoms with van der Waals surface area (Å²) in [4.78, 5) is 35.5. The van der Waals surface area contributed by atoms with Crippen LogP contribution in [0.1, 0.15) is 46.4 Å². The zero-order valence-electron chi connectivity index (χ0n) is 19.6. The molecule has 1 fully saturated rings. The average Bonchev–Trinajstić information content (AvgIpc) is 2.87. The van der Waals surface area contributed by atoms with E-state index in [4.69, 9.17) is 9.84 Å². The lowest BCUT2D eigenvalue weighted by atomic mass is 9.87. The standard InChI is InChI=1S/C25H26F4N2O6/c26-24(27)25(28,29)37-20-11-3-16(4-12-20)22(33)31-14-13-30-21(32)15-1-7-18(8-2-15)36-19-9-5-17(6-10-19)23(34)35/h1-4,7-8,11-12,17,19,24H,5-6,9-10,13-14H2,(H,30,32)(H,31,33)(H,34,35)/t17-,19+. The number of rotatable bonds is 11. The molecule has 3 rings (SSSR count). The number of benzene rings is 2. The highest BCUT2D eigenvalue weighted by Gasteiger charge is 2.43. The summed E-state index contributed by atoms with van der Waals surface area (Å²) in [6.07, 6.45) is -6.27. The largest absolute Gasteiger partial charge is 0.490 e. The molecule has 2 amide bonds. The third-order valence-electron chi connectivity index (χ3n) is 5.76. The molecule has 200 valence electrons. The molecule has 0 aliphatic heterocycles. The van der Waals surface area contributed by atoms with Gasteiger partial charge >= 0.3 is 18.5 Å². The molecule has 2 aromatic rings. The summed E-state index contributed by atoms with van der Waals surface area (Å²) in [7, 11) is 0. The molecule has 0 bridgehead atoms. The predicted molar refractivity (Wildman–Crippen MR) is 123 cm³/mol. The number of carbonyl (C=O) groups excluding carboxylic acids is 2. The van der Waals surface area contributed by atoms with Gasteiger partial charge in [0.05, 0.1) is 12.0 Å². The van der Waals surface area contributed by atoms with Gasteiger partial charge in [0, 0.05) is 24.2 Å². The van der Waals surface area contributed by atoms with Gasteiger partial charge in [0.2, 0.25) is 0 Å². The first-order valence-electron chi connectivity index (χ1n) is 11.6. The molecule has 2 aromatic carbocycles. The normalized spacial score (nSPS) is 17.6. The van der Waals surface area contributed by atoms with Gasteiger partial charge < -0.3 is 25.2 Å². The van der Waals surface area contributed by atoms with Crippen molar-refractivity contribution >= 4 is 17.8 Å². The second kappa shape index (κ2) is 12.4. The first kappa shape index (κ1) is 27.8. The fourth-order valence-electron chi connectivity index (χ4n) is 3.74. The van der Waals surface area contributed by atoms with Crippen molar-refractivity contribution in [2.45, 2.75) is 44.3 Å². The van der Waals surface area contributed by atoms with Crippen LogP contribution in [0.25, 0.3) is 0 Å². The lowest BCUT2D eigenvalue weighted by molar-refractivity contribution is -0.253. The number of hydrogen-bond donors (Lipinski definition) is 3. The minimum atomic E-state index is -4.64. The van der Waals surface area contributed by atoms with E-state index >= 15 is 0 Å². The zero-order valence-corrected chi connectivity index (χ0v) is 19.6. The Kier molecular flexibility index (Phi) is 9.31. The molecule has 1 saturated carbocycles. The molecule has 0 unspecified atom stereocenters. The highest BCUT2D eigenvalue weighted by molar-refractivity contribution is 5.95. The quantitative estimate of drug-likeness (QED) is 0.300. The Labute approximate surface area is 209 Å². The Morgan fingerprint density at radius 3 is 1.73 bits per heavy atom. The molecule has 0 aromatic heterocycles. The molecular formula is C25H26F4N2O6. The number of alkyl halides is 4. The van der Waals surface area contributed by atoms with Gasteiger partial charge in [-0.25, -0.2) is 0 Å². The maximum atomic E-state index is 12.9. The highest BCUT2D eigenvalue weighted by Crippen LogP contribution is 2.29. The molecule has 0 saturated heterocycles. The van der Waals surface area contributed by atoms with E-state index in [0.29, 0.717) is 37.0 Å². The van der Waals surface area contributed by atoms with Crippen molar-refractivity contribution in [1.29, 1.82) is 0 Å². The van der Waals surface area contributed by atoms with Crippen molar-refractivity contribution in [3.8, 4) is 11.5 Å². The number of carboxylic acid groups (broad SMARTS) is 1. The molecule has 0 atom stereocenters. The van der Waals surface area contributed by atoms with Gasteiger partial charge in [0.15, 0.2) is 0 Å². The van der Waals surface area contributed by atoms with Crippen LogP contribution in [-0.2, 0) is 4.79 Å². The minimum absolute atomic E-state index is 0.0683. The summed E-state index contributed by atoms with van der Waals surface area (Å²) in [5, 5.41) is 14.2. The summed E-state index contributed by atoms with van der Waals surface area (Å²) in [6, 6.07) is 10.7. The first-order chi connectivity index (χ1) is 17.5. The van der Waals surface area contributed by atoms with E-state index < -0.39 is 30.2 Å². The van der Waals surface area contributed by atoms with Crippen molar-refractivity contribution in [3.63, 3.8) is 0 Å². The van der Waals surface area contributed by atoms with E-state index in [1.165, 1.54) is 0 Å². The van der Waals surface area contributed by atoms with Crippen LogP contribution in [0.4, 0.5) is 17.6 Å². The van der Waals surface area contributed by atoms with Gasteiger partial charge in [0.25, 0.3) is 11.8 Å². The van der Waals surface area contributed by atoms with E-state index in [1.54, 1.807) is 24.3 Å². The number of nitrogens with one attached hydrogen (secondary N) is 2. The number of halogens is 4. The van der Waals surface area contributed by atoms with Crippen molar-refractivity contribution in [1.82, 2.24) is 10.6 Å². The molecule has 1 aliphatic carbocycles. The molecule has 37 heavy (non-hydrogen) atoms. The zero-order chi connectivity index (χ0) is 27.0. The lowest BCUT2D eigenvalue weighted by Crippen LogP contribution is -2.34. The number of carboxylic acids is 1. The van der Waals surface area contributed by atoms with E-state index in [9.17, 15) is 31.9 Å². The Morgan fingerprint density at radius 1 is 0.838 bits per heavy atom. The molecule has 1 aliphatic rings. The van der Waals surface area contributed by atoms with Crippen LogP contribution in [0.2, 0.25) is 0 Å². The van der Waals surface area contributed by atoms with Crippen LogP contribution in [0, 0.1) is 5.92 Å². The third-order valence-corrected chi connectivity index (χ3v) is 5.76. The van der Waals surface area contributed by atoms with E-state index in [2.05, 4.69) is 15.4 Å². The second-order valence-corrected chi connectivity index (χ2v) is 8.45. The lowest BCUT2D eigenvalue weighted by Gasteiger charge is -2.26. The Bertz CT molecular complexity index is 1070. The molecule has 8 nitrogen and oxygen atoms in total. The smallest absolute Gasteiger partial charge is 0.461 e. The number of ether oxygens (including phenoxy) is 2. The number of amides is 2. The Morgan fingerprint density at radius 2 is 1.30 bits per heavy atom. The fraction of sp³-hybridized carbons (Fsp3) is 0.400. The summed E-state index contributed by atoms with van der Waals surface area (Å²) in [5.74, 6) is -1.97. The predicted octanol–water partition coefficient (Wildman–Crippen LogP) is 4.11. The molecule has 12 heteroatoms. The van der Waals surface area contributed by atoms with E-state index in [1.807, 2.05) is 0 Å². The van der Waals surface area contributed by atoms with Gasteiger partial charge in [-0.1, -0.05) is 0 Å². The average molecular weight is 526 g/mol. The van der Waals surface area contributed by atoms with Crippen LogP contribution >= 0.6 is 0 Å². The SMILES string of the molecule is O=C(NCCNC(=O)c1ccc(O[C@H]2CC[C@@H](C(=O)O)CC2)cc1)c1ccc(OC(F)(F)C(F)F)cc1. The summed E-state index contributed by atoms with van der Waals surface area (Å²) in [5.41, 5.74) is 0.468. The number of hydrogen-bond acceptors (Lipinski definition) is 5. The van der Waals surface area contributed by atoms with Crippen molar-refractivity contribution in [2.75, 3.05) is 13.1 Å². The summed E-state index contributed by atoms with van der Waals surface area (Å²) < 4.78 is 60.0.